The zero-order valence-corrected chi connectivity index (χ0v) is 11.7. The lowest BCUT2D eigenvalue weighted by Crippen LogP contribution is -2.38. The topological polar surface area (TPSA) is 29.3 Å². The van der Waals surface area contributed by atoms with Gasteiger partial charge in [0.1, 0.15) is 0 Å². The Morgan fingerprint density at radius 3 is 2.39 bits per heavy atom. The van der Waals surface area contributed by atoms with Crippen molar-refractivity contribution in [3.63, 3.8) is 0 Å². The number of aryl methyl sites for hydroxylation is 1. The minimum Gasteiger partial charge on any atom is -0.326 e. The van der Waals surface area contributed by atoms with Gasteiger partial charge in [-0.1, -0.05) is 0 Å². The number of rotatable bonds is 5. The van der Waals surface area contributed by atoms with Crippen molar-refractivity contribution in [3.05, 3.63) is 21.4 Å². The molecule has 0 aliphatic heterocycles. The summed E-state index contributed by atoms with van der Waals surface area (Å²) in [4.78, 5) is 3.48. The van der Waals surface area contributed by atoms with Gasteiger partial charge < -0.3 is 5.73 Å². The molecule has 0 aromatic carbocycles. The molecule has 0 amide bonds. The number of thiophene rings is 1. The lowest BCUT2D eigenvalue weighted by molar-refractivity contribution is -0.150. The van der Waals surface area contributed by atoms with Crippen LogP contribution in [0.15, 0.2) is 6.07 Å². The molecular formula is C12H19F3N2S. The summed E-state index contributed by atoms with van der Waals surface area (Å²) < 4.78 is 37.4. The summed E-state index contributed by atoms with van der Waals surface area (Å²) in [5.74, 6) is 0. The average Bonchev–Trinajstić information content (AvgIpc) is 2.56. The predicted molar refractivity (Wildman–Crippen MR) is 68.5 cm³/mol. The second-order valence-electron chi connectivity index (χ2n) is 4.61. The standard InChI is InChI=1S/C12H19F3N2S/c1-8(2)17(7-12(13,14)15)6-10-4-11(5-16)18-9(10)3/h4,8H,5-7,16H2,1-3H3. The summed E-state index contributed by atoms with van der Waals surface area (Å²) in [6, 6.07) is 1.76. The Balaban J connectivity index is 2.80. The normalized spacial score (nSPS) is 12.7. The van der Waals surface area contributed by atoms with E-state index in [-0.39, 0.29) is 6.04 Å². The molecule has 0 radical (unpaired) electrons. The van der Waals surface area contributed by atoms with E-state index in [1.54, 1.807) is 25.2 Å². The molecule has 0 saturated carbocycles. The molecular weight excluding hydrogens is 261 g/mol. The molecule has 0 unspecified atom stereocenters. The molecule has 1 rings (SSSR count). The van der Waals surface area contributed by atoms with E-state index in [1.165, 1.54) is 4.90 Å². The monoisotopic (exact) mass is 280 g/mol. The summed E-state index contributed by atoms with van der Waals surface area (Å²) in [5.41, 5.74) is 6.48. The second kappa shape index (κ2) is 6.04. The Labute approximate surface area is 110 Å². The fourth-order valence-corrected chi connectivity index (χ4v) is 2.65. The first-order valence-electron chi connectivity index (χ1n) is 5.82. The van der Waals surface area contributed by atoms with Crippen molar-refractivity contribution in [2.24, 2.45) is 5.73 Å². The average molecular weight is 280 g/mol. The maximum atomic E-state index is 12.5. The molecule has 18 heavy (non-hydrogen) atoms. The van der Waals surface area contributed by atoms with Crippen LogP contribution in [0.4, 0.5) is 13.2 Å². The highest BCUT2D eigenvalue weighted by Gasteiger charge is 2.32. The van der Waals surface area contributed by atoms with E-state index in [1.807, 2.05) is 13.0 Å². The molecule has 2 N–H and O–H groups in total. The lowest BCUT2D eigenvalue weighted by Gasteiger charge is -2.27. The third kappa shape index (κ3) is 4.59. The molecule has 6 heteroatoms. The van der Waals surface area contributed by atoms with Gasteiger partial charge in [-0.05, 0) is 32.4 Å². The van der Waals surface area contributed by atoms with Crippen LogP contribution in [0.2, 0.25) is 0 Å². The van der Waals surface area contributed by atoms with E-state index in [0.29, 0.717) is 13.1 Å². The Morgan fingerprint density at radius 2 is 2.00 bits per heavy atom. The van der Waals surface area contributed by atoms with Gasteiger partial charge in [0.05, 0.1) is 6.54 Å². The van der Waals surface area contributed by atoms with Crippen LogP contribution in [0.25, 0.3) is 0 Å². The van der Waals surface area contributed by atoms with Gasteiger partial charge >= 0.3 is 6.18 Å². The zero-order chi connectivity index (χ0) is 13.9. The fraction of sp³-hybridized carbons (Fsp3) is 0.667. The largest absolute Gasteiger partial charge is 0.401 e. The quantitative estimate of drug-likeness (QED) is 0.896. The molecule has 0 bridgehead atoms. The summed E-state index contributed by atoms with van der Waals surface area (Å²) >= 11 is 1.55. The van der Waals surface area contributed by atoms with E-state index < -0.39 is 12.7 Å². The van der Waals surface area contributed by atoms with E-state index in [4.69, 9.17) is 5.73 Å². The van der Waals surface area contributed by atoms with E-state index >= 15 is 0 Å². The highest BCUT2D eigenvalue weighted by atomic mass is 32.1. The van der Waals surface area contributed by atoms with Crippen molar-refractivity contribution in [1.82, 2.24) is 4.90 Å². The summed E-state index contributed by atoms with van der Waals surface area (Å²) in [7, 11) is 0. The van der Waals surface area contributed by atoms with Crippen LogP contribution in [0.5, 0.6) is 0 Å². The van der Waals surface area contributed by atoms with Crippen LogP contribution in [-0.4, -0.2) is 23.7 Å². The number of nitrogens with two attached hydrogens (primary N) is 1. The zero-order valence-electron chi connectivity index (χ0n) is 10.8. The van der Waals surface area contributed by atoms with Gasteiger partial charge in [0.15, 0.2) is 0 Å². The number of alkyl halides is 3. The molecule has 2 nitrogen and oxygen atoms in total. The first kappa shape index (κ1) is 15.5. The van der Waals surface area contributed by atoms with E-state index in [9.17, 15) is 13.2 Å². The molecule has 0 aliphatic rings. The van der Waals surface area contributed by atoms with Crippen LogP contribution in [0, 0.1) is 6.92 Å². The third-order valence-electron chi connectivity index (χ3n) is 2.76. The number of hydrogen-bond donors (Lipinski definition) is 1. The molecule has 1 aromatic rings. The van der Waals surface area contributed by atoms with Gasteiger partial charge in [0.25, 0.3) is 0 Å². The van der Waals surface area contributed by atoms with Crippen LogP contribution in [0.3, 0.4) is 0 Å². The minimum atomic E-state index is -4.16. The minimum absolute atomic E-state index is 0.146. The van der Waals surface area contributed by atoms with Crippen molar-refractivity contribution in [2.45, 2.75) is 46.1 Å². The molecule has 1 heterocycles. The van der Waals surface area contributed by atoms with Gasteiger partial charge in [-0.3, -0.25) is 4.90 Å². The summed E-state index contributed by atoms with van der Waals surface area (Å²) in [6.07, 6.45) is -4.16. The lowest BCUT2D eigenvalue weighted by atomic mass is 10.2. The van der Waals surface area contributed by atoms with Gasteiger partial charge in [-0.2, -0.15) is 13.2 Å². The van der Waals surface area contributed by atoms with Crippen molar-refractivity contribution in [2.75, 3.05) is 6.54 Å². The molecule has 0 saturated heterocycles. The molecule has 1 aromatic heterocycles. The number of halogens is 3. The fourth-order valence-electron chi connectivity index (χ4n) is 1.72. The van der Waals surface area contributed by atoms with Gasteiger partial charge in [-0.25, -0.2) is 0 Å². The number of nitrogens with zero attached hydrogens (tertiary/aromatic N) is 1. The maximum Gasteiger partial charge on any atom is 0.401 e. The van der Waals surface area contributed by atoms with Crippen molar-refractivity contribution in [3.8, 4) is 0 Å². The Kier molecular flexibility index (Phi) is 5.19. The van der Waals surface area contributed by atoms with Gasteiger partial charge in [0.2, 0.25) is 0 Å². The predicted octanol–water partition coefficient (Wildman–Crippen LogP) is 3.29. The first-order valence-corrected chi connectivity index (χ1v) is 6.63. The van der Waals surface area contributed by atoms with E-state index in [2.05, 4.69) is 0 Å². The molecule has 0 atom stereocenters. The van der Waals surface area contributed by atoms with Crippen molar-refractivity contribution in [1.29, 1.82) is 0 Å². The maximum absolute atomic E-state index is 12.5. The van der Waals surface area contributed by atoms with Gasteiger partial charge in [0, 0.05) is 28.9 Å². The van der Waals surface area contributed by atoms with Crippen molar-refractivity contribution >= 4 is 11.3 Å². The van der Waals surface area contributed by atoms with Crippen LogP contribution in [-0.2, 0) is 13.1 Å². The summed E-state index contributed by atoms with van der Waals surface area (Å²) in [5, 5.41) is 0. The molecule has 104 valence electrons. The van der Waals surface area contributed by atoms with Gasteiger partial charge in [-0.15, -0.1) is 11.3 Å². The highest BCUT2D eigenvalue weighted by molar-refractivity contribution is 7.12. The van der Waals surface area contributed by atoms with Crippen LogP contribution >= 0.6 is 11.3 Å². The van der Waals surface area contributed by atoms with Crippen LogP contribution in [0.1, 0.15) is 29.2 Å². The first-order chi connectivity index (χ1) is 8.23. The molecule has 0 aliphatic carbocycles. The second-order valence-corrected chi connectivity index (χ2v) is 5.95. The van der Waals surface area contributed by atoms with Crippen LogP contribution < -0.4 is 5.73 Å². The Morgan fingerprint density at radius 1 is 1.39 bits per heavy atom. The highest BCUT2D eigenvalue weighted by Crippen LogP contribution is 2.25. The molecule has 0 fully saturated rings. The van der Waals surface area contributed by atoms with Crippen molar-refractivity contribution < 1.29 is 13.2 Å². The molecule has 0 spiro atoms. The summed E-state index contributed by atoms with van der Waals surface area (Å²) in [6.45, 7) is 5.35. The SMILES string of the molecule is Cc1sc(CN)cc1CN(CC(F)(F)F)C(C)C. The third-order valence-corrected chi connectivity index (χ3v) is 3.87. The van der Waals surface area contributed by atoms with E-state index in [0.717, 1.165) is 15.3 Å². The number of hydrogen-bond acceptors (Lipinski definition) is 3. The Hall–Kier alpha value is -0.590. The Bertz CT molecular complexity index is 385. The smallest absolute Gasteiger partial charge is 0.326 e.